The van der Waals surface area contributed by atoms with Crippen LogP contribution in [-0.4, -0.2) is 18.0 Å². The highest BCUT2D eigenvalue weighted by Gasteiger charge is 2.31. The molecule has 19 heavy (non-hydrogen) atoms. The largest absolute Gasteiger partial charge is 0.399 e. The van der Waals surface area contributed by atoms with Crippen molar-refractivity contribution in [2.75, 3.05) is 18.8 Å². The Morgan fingerprint density at radius 2 is 1.84 bits per heavy atom. The van der Waals surface area contributed by atoms with Crippen LogP contribution in [0.15, 0.2) is 18.2 Å². The van der Waals surface area contributed by atoms with Gasteiger partial charge < -0.3 is 5.73 Å². The van der Waals surface area contributed by atoms with Crippen molar-refractivity contribution in [3.05, 3.63) is 28.8 Å². The lowest BCUT2D eigenvalue weighted by atomic mass is 9.74. The molecule has 0 spiro atoms. The summed E-state index contributed by atoms with van der Waals surface area (Å²) in [5, 5.41) is 0.831. The van der Waals surface area contributed by atoms with E-state index in [1.165, 1.54) is 38.8 Å². The minimum absolute atomic E-state index is 0.579. The Bertz CT molecular complexity index is 417. The van der Waals surface area contributed by atoms with Crippen molar-refractivity contribution < 1.29 is 0 Å². The molecule has 1 saturated heterocycles. The number of hydrogen-bond acceptors (Lipinski definition) is 2. The van der Waals surface area contributed by atoms with Gasteiger partial charge in [-0.05, 0) is 55.1 Å². The van der Waals surface area contributed by atoms with Crippen LogP contribution in [0.3, 0.4) is 0 Å². The van der Waals surface area contributed by atoms with E-state index in [0.29, 0.717) is 5.41 Å². The highest BCUT2D eigenvalue weighted by Crippen LogP contribution is 2.38. The summed E-state index contributed by atoms with van der Waals surface area (Å²) in [5.74, 6) is 0. The number of anilines is 1. The first-order valence-electron chi connectivity index (χ1n) is 7.35. The SMILES string of the molecule is CCC1(CC)CCN(Cc2cc(N)ccc2Cl)CC1. The van der Waals surface area contributed by atoms with Crippen LogP contribution in [0, 0.1) is 5.41 Å². The van der Waals surface area contributed by atoms with Crippen LogP contribution < -0.4 is 5.73 Å². The van der Waals surface area contributed by atoms with E-state index in [-0.39, 0.29) is 0 Å². The summed E-state index contributed by atoms with van der Waals surface area (Å²) >= 11 is 6.24. The zero-order chi connectivity index (χ0) is 13.9. The lowest BCUT2D eigenvalue weighted by molar-refractivity contribution is 0.0909. The van der Waals surface area contributed by atoms with Gasteiger partial charge in [0, 0.05) is 17.3 Å². The van der Waals surface area contributed by atoms with Crippen LogP contribution >= 0.6 is 11.6 Å². The maximum absolute atomic E-state index is 6.24. The highest BCUT2D eigenvalue weighted by molar-refractivity contribution is 6.31. The highest BCUT2D eigenvalue weighted by atomic mass is 35.5. The minimum Gasteiger partial charge on any atom is -0.399 e. The predicted molar refractivity (Wildman–Crippen MR) is 83.4 cm³/mol. The fourth-order valence-electron chi connectivity index (χ4n) is 3.10. The zero-order valence-corrected chi connectivity index (χ0v) is 12.8. The first kappa shape index (κ1) is 14.7. The van der Waals surface area contributed by atoms with Gasteiger partial charge in [-0.1, -0.05) is 38.3 Å². The van der Waals surface area contributed by atoms with Crippen molar-refractivity contribution in [3.63, 3.8) is 0 Å². The van der Waals surface area contributed by atoms with Crippen molar-refractivity contribution in [3.8, 4) is 0 Å². The molecule has 1 aliphatic heterocycles. The molecule has 1 aromatic rings. The van der Waals surface area contributed by atoms with Gasteiger partial charge in [-0.25, -0.2) is 0 Å². The summed E-state index contributed by atoms with van der Waals surface area (Å²) in [7, 11) is 0. The van der Waals surface area contributed by atoms with Crippen molar-refractivity contribution in [2.45, 2.75) is 46.1 Å². The van der Waals surface area contributed by atoms with E-state index in [1.54, 1.807) is 0 Å². The Balaban J connectivity index is 1.97. The molecule has 2 rings (SSSR count). The molecule has 1 aromatic carbocycles. The molecule has 0 atom stereocenters. The summed E-state index contributed by atoms with van der Waals surface area (Å²) in [6.45, 7) is 7.93. The van der Waals surface area contributed by atoms with Crippen LogP contribution in [0.5, 0.6) is 0 Å². The van der Waals surface area contributed by atoms with Crippen molar-refractivity contribution in [1.82, 2.24) is 4.90 Å². The molecule has 0 bridgehead atoms. The molecule has 2 nitrogen and oxygen atoms in total. The minimum atomic E-state index is 0.579. The first-order valence-corrected chi connectivity index (χ1v) is 7.72. The van der Waals surface area contributed by atoms with Gasteiger partial charge in [0.15, 0.2) is 0 Å². The average Bonchev–Trinajstić information content (AvgIpc) is 2.44. The number of nitrogen functional groups attached to an aromatic ring is 1. The van der Waals surface area contributed by atoms with E-state index in [1.807, 2.05) is 18.2 Å². The van der Waals surface area contributed by atoms with E-state index in [4.69, 9.17) is 17.3 Å². The number of likely N-dealkylation sites (tertiary alicyclic amines) is 1. The Kier molecular flexibility index (Phi) is 4.75. The first-order chi connectivity index (χ1) is 9.08. The number of hydrogen-bond donors (Lipinski definition) is 1. The third kappa shape index (κ3) is 3.43. The van der Waals surface area contributed by atoms with Crippen LogP contribution in [-0.2, 0) is 6.54 Å². The normalized spacial score (nSPS) is 19.5. The molecule has 1 heterocycles. The van der Waals surface area contributed by atoms with Crippen LogP contribution in [0.25, 0.3) is 0 Å². The van der Waals surface area contributed by atoms with E-state index in [2.05, 4.69) is 18.7 Å². The smallest absolute Gasteiger partial charge is 0.0452 e. The molecule has 1 fully saturated rings. The summed E-state index contributed by atoms with van der Waals surface area (Å²) in [6, 6.07) is 5.77. The van der Waals surface area contributed by atoms with Crippen LogP contribution in [0.1, 0.15) is 45.1 Å². The third-order valence-electron chi connectivity index (χ3n) is 4.88. The monoisotopic (exact) mass is 280 g/mol. The molecular weight excluding hydrogens is 256 g/mol. The Labute approximate surface area is 121 Å². The van der Waals surface area contributed by atoms with E-state index < -0.39 is 0 Å². The second kappa shape index (κ2) is 6.15. The maximum Gasteiger partial charge on any atom is 0.0452 e. The topological polar surface area (TPSA) is 29.3 Å². The predicted octanol–water partition coefficient (Wildman–Crippen LogP) is 4.32. The molecule has 0 aliphatic carbocycles. The number of nitrogens with zero attached hydrogens (tertiary/aromatic N) is 1. The molecule has 106 valence electrons. The molecule has 0 aromatic heterocycles. The second-order valence-electron chi connectivity index (χ2n) is 5.83. The van der Waals surface area contributed by atoms with E-state index >= 15 is 0 Å². The Morgan fingerprint density at radius 3 is 2.42 bits per heavy atom. The van der Waals surface area contributed by atoms with Gasteiger partial charge >= 0.3 is 0 Å². The standard InChI is InChI=1S/C16H25ClN2/c1-3-16(4-2)7-9-19(10-8-16)12-13-11-14(18)5-6-15(13)17/h5-6,11H,3-4,7-10,12,18H2,1-2H3. The molecule has 1 aliphatic rings. The summed E-state index contributed by atoms with van der Waals surface area (Å²) in [5.41, 5.74) is 8.37. The van der Waals surface area contributed by atoms with Gasteiger partial charge in [-0.2, -0.15) is 0 Å². The molecule has 0 radical (unpaired) electrons. The van der Waals surface area contributed by atoms with Gasteiger partial charge in [-0.3, -0.25) is 4.90 Å². The number of nitrogens with two attached hydrogens (primary N) is 1. The number of piperidine rings is 1. The van der Waals surface area contributed by atoms with Gasteiger partial charge in [0.1, 0.15) is 0 Å². The molecule has 3 heteroatoms. The number of benzene rings is 1. The zero-order valence-electron chi connectivity index (χ0n) is 12.1. The lowest BCUT2D eigenvalue weighted by Gasteiger charge is -2.41. The van der Waals surface area contributed by atoms with Gasteiger partial charge in [-0.15, -0.1) is 0 Å². The third-order valence-corrected chi connectivity index (χ3v) is 5.25. The summed E-state index contributed by atoms with van der Waals surface area (Å²) < 4.78 is 0. The summed E-state index contributed by atoms with van der Waals surface area (Å²) in [6.07, 6.45) is 5.21. The molecule has 0 unspecified atom stereocenters. The fraction of sp³-hybridized carbons (Fsp3) is 0.625. The maximum atomic E-state index is 6.24. The second-order valence-corrected chi connectivity index (χ2v) is 6.24. The van der Waals surface area contributed by atoms with E-state index in [9.17, 15) is 0 Å². The molecule has 2 N–H and O–H groups in total. The summed E-state index contributed by atoms with van der Waals surface area (Å²) in [4.78, 5) is 2.50. The van der Waals surface area contributed by atoms with Crippen LogP contribution in [0.2, 0.25) is 5.02 Å². The molecular formula is C16H25ClN2. The quantitative estimate of drug-likeness (QED) is 0.832. The van der Waals surface area contributed by atoms with Gasteiger partial charge in [0.2, 0.25) is 0 Å². The lowest BCUT2D eigenvalue weighted by Crippen LogP contribution is -2.39. The van der Waals surface area contributed by atoms with Crippen LogP contribution in [0.4, 0.5) is 5.69 Å². The van der Waals surface area contributed by atoms with Gasteiger partial charge in [0.25, 0.3) is 0 Å². The molecule has 0 saturated carbocycles. The Hall–Kier alpha value is -0.730. The molecule has 0 amide bonds. The number of halogens is 1. The Morgan fingerprint density at radius 1 is 1.21 bits per heavy atom. The van der Waals surface area contributed by atoms with E-state index in [0.717, 1.165) is 22.8 Å². The van der Waals surface area contributed by atoms with Crippen molar-refractivity contribution in [2.24, 2.45) is 5.41 Å². The van der Waals surface area contributed by atoms with Gasteiger partial charge in [0.05, 0.1) is 0 Å². The average molecular weight is 281 g/mol. The number of rotatable bonds is 4. The van der Waals surface area contributed by atoms with Crippen molar-refractivity contribution in [1.29, 1.82) is 0 Å². The fourth-order valence-corrected chi connectivity index (χ4v) is 3.28. The van der Waals surface area contributed by atoms with Crippen molar-refractivity contribution >= 4 is 17.3 Å².